The second-order valence-corrected chi connectivity index (χ2v) is 7.70. The Balaban J connectivity index is 1.85. The number of benzene rings is 2. The lowest BCUT2D eigenvalue weighted by molar-refractivity contribution is 0.0943. The van der Waals surface area contributed by atoms with Crippen molar-refractivity contribution in [1.29, 1.82) is 0 Å². The Morgan fingerprint density at radius 1 is 1.21 bits per heavy atom. The first-order valence-electron chi connectivity index (χ1n) is 8.41. The zero-order valence-corrected chi connectivity index (χ0v) is 15.3. The molecule has 1 aliphatic heterocycles. The molecule has 0 saturated heterocycles. The first-order chi connectivity index (χ1) is 11.5. The molecule has 1 amide bonds. The summed E-state index contributed by atoms with van der Waals surface area (Å²) in [5.74, 6) is 1.08. The summed E-state index contributed by atoms with van der Waals surface area (Å²) in [7, 11) is 0. The fraction of sp³-hybridized carbons (Fsp3) is 0.350. The van der Waals surface area contributed by atoms with Crippen LogP contribution in [0.4, 0.5) is 5.69 Å². The number of carbonyl (C=O) groups is 1. The number of thioether (sulfide) groups is 1. The first-order valence-corrected chi connectivity index (χ1v) is 9.39. The Kier molecular flexibility index (Phi) is 5.14. The third-order valence-electron chi connectivity index (χ3n) is 4.09. The van der Waals surface area contributed by atoms with E-state index in [4.69, 9.17) is 0 Å². The predicted octanol–water partition coefficient (Wildman–Crippen LogP) is 4.25. The van der Waals surface area contributed by atoms with Crippen LogP contribution in [0.1, 0.15) is 35.3 Å². The molecule has 0 aliphatic carbocycles. The van der Waals surface area contributed by atoms with Crippen molar-refractivity contribution in [2.45, 2.75) is 38.3 Å². The molecule has 2 aromatic carbocycles. The number of nitrogens with zero attached hydrogens (tertiary/aromatic N) is 1. The van der Waals surface area contributed by atoms with Crippen molar-refractivity contribution in [1.82, 2.24) is 5.32 Å². The van der Waals surface area contributed by atoms with Gasteiger partial charge >= 0.3 is 0 Å². The Bertz CT molecular complexity index is 725. The van der Waals surface area contributed by atoms with Gasteiger partial charge in [-0.3, -0.25) is 4.79 Å². The van der Waals surface area contributed by atoms with E-state index in [1.165, 1.54) is 21.7 Å². The van der Waals surface area contributed by atoms with Crippen LogP contribution < -0.4 is 10.2 Å². The second kappa shape index (κ2) is 7.31. The van der Waals surface area contributed by atoms with Crippen molar-refractivity contribution in [3.8, 4) is 0 Å². The molecular formula is C20H24N2OS. The van der Waals surface area contributed by atoms with E-state index in [1.807, 2.05) is 37.7 Å². The van der Waals surface area contributed by atoms with Gasteiger partial charge in [-0.2, -0.15) is 0 Å². The smallest absolute Gasteiger partial charge is 0.251 e. The van der Waals surface area contributed by atoms with Gasteiger partial charge in [0.2, 0.25) is 0 Å². The van der Waals surface area contributed by atoms with Gasteiger partial charge in [0.05, 0.1) is 5.69 Å². The van der Waals surface area contributed by atoms with Gasteiger partial charge in [0.25, 0.3) is 5.91 Å². The Labute approximate surface area is 148 Å². The molecule has 0 unspecified atom stereocenters. The van der Waals surface area contributed by atoms with E-state index in [2.05, 4.69) is 47.5 Å². The molecule has 1 aliphatic rings. The number of anilines is 1. The molecule has 0 spiro atoms. The maximum atomic E-state index is 12.3. The molecule has 0 atom stereocenters. The van der Waals surface area contributed by atoms with E-state index < -0.39 is 0 Å². The van der Waals surface area contributed by atoms with Crippen LogP contribution in [-0.2, 0) is 6.54 Å². The second-order valence-electron chi connectivity index (χ2n) is 6.57. The highest BCUT2D eigenvalue weighted by Gasteiger charge is 2.19. The van der Waals surface area contributed by atoms with Crippen molar-refractivity contribution in [3.05, 3.63) is 59.2 Å². The van der Waals surface area contributed by atoms with Crippen LogP contribution in [0.15, 0.2) is 47.4 Å². The topological polar surface area (TPSA) is 32.3 Å². The maximum absolute atomic E-state index is 12.3. The SMILES string of the molecule is Cc1ccc(CN2CCSc3ccc(C(=O)NC(C)C)cc32)cc1. The van der Waals surface area contributed by atoms with Crippen molar-refractivity contribution < 1.29 is 4.79 Å². The van der Waals surface area contributed by atoms with Crippen LogP contribution in [0.3, 0.4) is 0 Å². The first kappa shape index (κ1) is 16.9. The number of aryl methyl sites for hydroxylation is 1. The molecule has 0 radical (unpaired) electrons. The standard InChI is InChI=1S/C20H24N2OS/c1-14(2)21-20(23)17-8-9-19-18(12-17)22(10-11-24-19)13-16-6-4-15(3)5-7-16/h4-9,12,14H,10-11,13H2,1-3H3,(H,21,23). The third-order valence-corrected chi connectivity index (χ3v) is 5.14. The molecule has 2 aromatic rings. The monoisotopic (exact) mass is 340 g/mol. The summed E-state index contributed by atoms with van der Waals surface area (Å²) in [6.45, 7) is 7.95. The molecule has 1 N–H and O–H groups in total. The van der Waals surface area contributed by atoms with Crippen LogP contribution in [0, 0.1) is 6.92 Å². The summed E-state index contributed by atoms with van der Waals surface area (Å²) in [6, 6.07) is 14.9. The van der Waals surface area contributed by atoms with Crippen LogP contribution in [0.2, 0.25) is 0 Å². The predicted molar refractivity (Wildman–Crippen MR) is 102 cm³/mol. The number of fused-ring (bicyclic) bond motifs is 1. The minimum absolute atomic E-state index is 0.00124. The van der Waals surface area contributed by atoms with Gasteiger partial charge in [-0.05, 0) is 44.5 Å². The lowest BCUT2D eigenvalue weighted by Gasteiger charge is -2.31. The Morgan fingerprint density at radius 3 is 2.67 bits per heavy atom. The fourth-order valence-corrected chi connectivity index (χ4v) is 3.87. The average Bonchev–Trinajstić information content (AvgIpc) is 2.56. The molecule has 0 saturated carbocycles. The van der Waals surface area contributed by atoms with E-state index >= 15 is 0 Å². The van der Waals surface area contributed by atoms with E-state index in [9.17, 15) is 4.79 Å². The highest BCUT2D eigenvalue weighted by molar-refractivity contribution is 7.99. The molecule has 4 heteroatoms. The lowest BCUT2D eigenvalue weighted by atomic mass is 10.1. The van der Waals surface area contributed by atoms with Gasteiger partial charge in [-0.25, -0.2) is 0 Å². The number of hydrogen-bond acceptors (Lipinski definition) is 3. The summed E-state index contributed by atoms with van der Waals surface area (Å²) >= 11 is 1.87. The molecular weight excluding hydrogens is 316 g/mol. The molecule has 24 heavy (non-hydrogen) atoms. The van der Waals surface area contributed by atoms with Gasteiger partial charge in [0, 0.05) is 35.3 Å². The molecule has 0 aromatic heterocycles. The highest BCUT2D eigenvalue weighted by atomic mass is 32.2. The van der Waals surface area contributed by atoms with Crippen LogP contribution in [-0.4, -0.2) is 24.2 Å². The Morgan fingerprint density at radius 2 is 1.96 bits per heavy atom. The number of nitrogens with one attached hydrogen (secondary N) is 1. The summed E-state index contributed by atoms with van der Waals surface area (Å²) < 4.78 is 0. The van der Waals surface area contributed by atoms with E-state index in [0.29, 0.717) is 0 Å². The van der Waals surface area contributed by atoms with Crippen LogP contribution in [0.25, 0.3) is 0 Å². The zero-order valence-electron chi connectivity index (χ0n) is 14.5. The third kappa shape index (κ3) is 3.93. The number of amides is 1. The minimum atomic E-state index is -0.00124. The lowest BCUT2D eigenvalue weighted by Crippen LogP contribution is -2.31. The largest absolute Gasteiger partial charge is 0.365 e. The molecule has 0 bridgehead atoms. The molecule has 1 heterocycles. The number of carbonyl (C=O) groups excluding carboxylic acids is 1. The fourth-order valence-electron chi connectivity index (χ4n) is 2.84. The maximum Gasteiger partial charge on any atom is 0.251 e. The van der Waals surface area contributed by atoms with Crippen LogP contribution in [0.5, 0.6) is 0 Å². The van der Waals surface area contributed by atoms with Crippen molar-refractivity contribution in [3.63, 3.8) is 0 Å². The van der Waals surface area contributed by atoms with E-state index in [-0.39, 0.29) is 11.9 Å². The van der Waals surface area contributed by atoms with Gasteiger partial charge < -0.3 is 10.2 Å². The zero-order chi connectivity index (χ0) is 17.1. The van der Waals surface area contributed by atoms with Gasteiger partial charge in [-0.15, -0.1) is 11.8 Å². The minimum Gasteiger partial charge on any atom is -0.365 e. The van der Waals surface area contributed by atoms with Crippen LogP contribution >= 0.6 is 11.8 Å². The molecule has 126 valence electrons. The number of hydrogen-bond donors (Lipinski definition) is 1. The highest BCUT2D eigenvalue weighted by Crippen LogP contribution is 2.36. The van der Waals surface area contributed by atoms with Crippen molar-refractivity contribution in [2.75, 3.05) is 17.2 Å². The van der Waals surface area contributed by atoms with Gasteiger partial charge in [-0.1, -0.05) is 29.8 Å². The summed E-state index contributed by atoms with van der Waals surface area (Å²) in [4.78, 5) is 15.9. The van der Waals surface area contributed by atoms with E-state index in [0.717, 1.165) is 24.4 Å². The van der Waals surface area contributed by atoms with E-state index in [1.54, 1.807) is 0 Å². The molecule has 3 rings (SSSR count). The molecule has 3 nitrogen and oxygen atoms in total. The molecule has 0 fully saturated rings. The normalized spacial score (nSPS) is 13.8. The summed E-state index contributed by atoms with van der Waals surface area (Å²) in [5, 5.41) is 2.97. The number of rotatable bonds is 4. The van der Waals surface area contributed by atoms with Crippen molar-refractivity contribution in [2.24, 2.45) is 0 Å². The summed E-state index contributed by atoms with van der Waals surface area (Å²) in [6.07, 6.45) is 0. The van der Waals surface area contributed by atoms with Crippen molar-refractivity contribution >= 4 is 23.4 Å². The quantitative estimate of drug-likeness (QED) is 0.903. The average molecular weight is 340 g/mol. The van der Waals surface area contributed by atoms with Gasteiger partial charge in [0.1, 0.15) is 0 Å². The van der Waals surface area contributed by atoms with Gasteiger partial charge in [0.15, 0.2) is 0 Å². The summed E-state index contributed by atoms with van der Waals surface area (Å²) in [5.41, 5.74) is 4.48. The Hall–Kier alpha value is -1.94.